The van der Waals surface area contributed by atoms with Crippen LogP contribution in [-0.4, -0.2) is 0 Å². The van der Waals surface area contributed by atoms with E-state index in [0.717, 1.165) is 9.79 Å². The minimum atomic E-state index is 0.563. The van der Waals surface area contributed by atoms with Crippen molar-refractivity contribution in [3.63, 3.8) is 0 Å². The van der Waals surface area contributed by atoms with Crippen molar-refractivity contribution in [1.82, 2.24) is 0 Å². The van der Waals surface area contributed by atoms with Crippen LogP contribution >= 0.6 is 35.0 Å². The molecule has 0 spiro atoms. The van der Waals surface area contributed by atoms with Gasteiger partial charge in [0.2, 0.25) is 0 Å². The summed E-state index contributed by atoms with van der Waals surface area (Å²) in [7, 11) is 0. The summed E-state index contributed by atoms with van der Waals surface area (Å²) < 4.78 is 0. The lowest BCUT2D eigenvalue weighted by atomic mass is 10.3. The third-order valence-electron chi connectivity index (χ3n) is 2.18. The molecule has 88 valence electrons. The van der Waals surface area contributed by atoms with Crippen LogP contribution in [0.5, 0.6) is 0 Å². The van der Waals surface area contributed by atoms with Gasteiger partial charge in [-0.05, 0) is 36.4 Å². The quantitative estimate of drug-likeness (QED) is 0.808. The molecule has 2 aromatic carbocycles. The molecule has 0 atom stereocenters. The van der Waals surface area contributed by atoms with Crippen LogP contribution in [0.1, 0.15) is 0 Å². The summed E-state index contributed by atoms with van der Waals surface area (Å²) in [5.41, 5.74) is 12.5. The van der Waals surface area contributed by atoms with Gasteiger partial charge in [0.05, 0.1) is 16.4 Å². The molecule has 0 aliphatic heterocycles. The third-order valence-corrected chi connectivity index (χ3v) is 3.90. The van der Waals surface area contributed by atoms with Crippen LogP contribution in [0.25, 0.3) is 0 Å². The fourth-order valence-electron chi connectivity index (χ4n) is 1.30. The Hall–Kier alpha value is -1.03. The number of anilines is 2. The van der Waals surface area contributed by atoms with Gasteiger partial charge in [0, 0.05) is 14.8 Å². The van der Waals surface area contributed by atoms with Crippen molar-refractivity contribution in [2.24, 2.45) is 0 Å². The number of halogens is 2. The molecule has 0 heterocycles. The predicted molar refractivity (Wildman–Crippen MR) is 75.9 cm³/mol. The van der Waals surface area contributed by atoms with Gasteiger partial charge in [0.25, 0.3) is 0 Å². The molecule has 2 rings (SSSR count). The van der Waals surface area contributed by atoms with Crippen LogP contribution in [0.15, 0.2) is 46.2 Å². The fraction of sp³-hybridized carbons (Fsp3) is 0. The number of hydrogen-bond donors (Lipinski definition) is 2. The smallest absolute Gasteiger partial charge is 0.0559 e. The molecule has 5 heteroatoms. The lowest BCUT2D eigenvalue weighted by Gasteiger charge is -2.06. The van der Waals surface area contributed by atoms with E-state index in [0.29, 0.717) is 21.4 Å². The Bertz CT molecular complexity index is 558. The van der Waals surface area contributed by atoms with Crippen LogP contribution in [0.4, 0.5) is 11.4 Å². The van der Waals surface area contributed by atoms with Gasteiger partial charge < -0.3 is 11.5 Å². The summed E-state index contributed by atoms with van der Waals surface area (Å²) >= 11 is 13.5. The number of rotatable bonds is 2. The highest BCUT2D eigenvalue weighted by Gasteiger charge is 2.05. The number of nitrogen functional groups attached to an aromatic ring is 2. The lowest BCUT2D eigenvalue weighted by molar-refractivity contribution is 1.41. The summed E-state index contributed by atoms with van der Waals surface area (Å²) in [6.07, 6.45) is 0. The zero-order chi connectivity index (χ0) is 12.4. The maximum Gasteiger partial charge on any atom is 0.0559 e. The zero-order valence-electron chi connectivity index (χ0n) is 8.78. The average Bonchev–Trinajstić information content (AvgIpc) is 2.29. The van der Waals surface area contributed by atoms with E-state index < -0.39 is 0 Å². The van der Waals surface area contributed by atoms with E-state index in [-0.39, 0.29) is 0 Å². The molecule has 0 aliphatic carbocycles. The number of nitrogens with two attached hydrogens (primary N) is 2. The molecule has 0 bridgehead atoms. The minimum Gasteiger partial charge on any atom is -0.397 e. The molecule has 0 saturated carbocycles. The first-order valence-electron chi connectivity index (χ1n) is 4.84. The maximum absolute atomic E-state index is 6.08. The van der Waals surface area contributed by atoms with Crippen LogP contribution in [0.3, 0.4) is 0 Å². The van der Waals surface area contributed by atoms with Crippen molar-refractivity contribution in [3.8, 4) is 0 Å². The molecule has 0 aromatic heterocycles. The lowest BCUT2D eigenvalue weighted by Crippen LogP contribution is -1.93. The number of hydrogen-bond acceptors (Lipinski definition) is 3. The summed E-state index contributed by atoms with van der Waals surface area (Å²) in [6.45, 7) is 0. The van der Waals surface area contributed by atoms with Gasteiger partial charge in [-0.2, -0.15) is 0 Å². The highest BCUT2D eigenvalue weighted by Crippen LogP contribution is 2.36. The molecule has 0 fully saturated rings. The largest absolute Gasteiger partial charge is 0.397 e. The number of benzene rings is 2. The second kappa shape index (κ2) is 5.08. The van der Waals surface area contributed by atoms with Crippen LogP contribution < -0.4 is 11.5 Å². The topological polar surface area (TPSA) is 52.0 Å². The minimum absolute atomic E-state index is 0.563. The first-order chi connectivity index (χ1) is 8.06. The van der Waals surface area contributed by atoms with Crippen LogP contribution in [-0.2, 0) is 0 Å². The molecule has 2 aromatic rings. The summed E-state index contributed by atoms with van der Waals surface area (Å²) in [6, 6.07) is 10.8. The van der Waals surface area contributed by atoms with E-state index in [4.69, 9.17) is 34.7 Å². The summed E-state index contributed by atoms with van der Waals surface area (Å²) in [5, 5.41) is 1.31. The molecular formula is C12H10Cl2N2S. The molecule has 17 heavy (non-hydrogen) atoms. The van der Waals surface area contributed by atoms with E-state index in [1.165, 1.54) is 11.8 Å². The molecule has 0 saturated heterocycles. The van der Waals surface area contributed by atoms with E-state index in [1.807, 2.05) is 18.2 Å². The van der Waals surface area contributed by atoms with Crippen molar-refractivity contribution >= 4 is 46.3 Å². The van der Waals surface area contributed by atoms with Gasteiger partial charge in [-0.3, -0.25) is 0 Å². The second-order valence-electron chi connectivity index (χ2n) is 3.47. The Labute approximate surface area is 114 Å². The molecule has 2 nitrogen and oxygen atoms in total. The van der Waals surface area contributed by atoms with E-state index in [2.05, 4.69) is 0 Å². The third kappa shape index (κ3) is 3.00. The monoisotopic (exact) mass is 284 g/mol. The van der Waals surface area contributed by atoms with Gasteiger partial charge in [-0.1, -0.05) is 35.0 Å². The van der Waals surface area contributed by atoms with Crippen LogP contribution in [0, 0.1) is 0 Å². The highest BCUT2D eigenvalue weighted by atomic mass is 35.5. The van der Waals surface area contributed by atoms with Gasteiger partial charge in [-0.15, -0.1) is 0 Å². The van der Waals surface area contributed by atoms with Crippen molar-refractivity contribution in [1.29, 1.82) is 0 Å². The van der Waals surface area contributed by atoms with E-state index >= 15 is 0 Å². The predicted octanol–water partition coefficient (Wildman–Crippen LogP) is 4.31. The van der Waals surface area contributed by atoms with E-state index in [9.17, 15) is 0 Å². The van der Waals surface area contributed by atoms with Gasteiger partial charge in [0.1, 0.15) is 0 Å². The molecular weight excluding hydrogens is 275 g/mol. The standard InChI is InChI=1S/C12H10Cl2N2S/c13-7-1-3-9(14)12(5-7)17-8-2-4-10(15)11(16)6-8/h1-6H,15-16H2. The molecule has 0 amide bonds. The SMILES string of the molecule is Nc1ccc(Sc2cc(Cl)ccc2Cl)cc1N. The summed E-state index contributed by atoms with van der Waals surface area (Å²) in [5.74, 6) is 0. The Morgan fingerprint density at radius 1 is 0.882 bits per heavy atom. The van der Waals surface area contributed by atoms with Crippen LogP contribution in [0.2, 0.25) is 10.0 Å². The highest BCUT2D eigenvalue weighted by molar-refractivity contribution is 7.99. The van der Waals surface area contributed by atoms with Gasteiger partial charge >= 0.3 is 0 Å². The molecule has 0 aliphatic rings. The van der Waals surface area contributed by atoms with E-state index in [1.54, 1.807) is 18.2 Å². The van der Waals surface area contributed by atoms with Gasteiger partial charge in [0.15, 0.2) is 0 Å². The van der Waals surface area contributed by atoms with Crippen molar-refractivity contribution < 1.29 is 0 Å². The normalized spacial score (nSPS) is 10.5. The van der Waals surface area contributed by atoms with Gasteiger partial charge in [-0.25, -0.2) is 0 Å². The first-order valence-corrected chi connectivity index (χ1v) is 6.41. The fourth-order valence-corrected chi connectivity index (χ4v) is 2.70. The Kier molecular flexibility index (Phi) is 3.72. The van der Waals surface area contributed by atoms with Crippen molar-refractivity contribution in [2.75, 3.05) is 11.5 Å². The Morgan fingerprint density at radius 2 is 1.65 bits per heavy atom. The Balaban J connectivity index is 2.31. The molecule has 0 unspecified atom stereocenters. The Morgan fingerprint density at radius 3 is 2.35 bits per heavy atom. The zero-order valence-corrected chi connectivity index (χ0v) is 11.1. The molecule has 0 radical (unpaired) electrons. The average molecular weight is 285 g/mol. The first kappa shape index (κ1) is 12.4. The van der Waals surface area contributed by atoms with Crippen molar-refractivity contribution in [3.05, 3.63) is 46.4 Å². The molecule has 4 N–H and O–H groups in total. The second-order valence-corrected chi connectivity index (χ2v) is 5.43. The van der Waals surface area contributed by atoms with Crippen molar-refractivity contribution in [2.45, 2.75) is 9.79 Å². The maximum atomic E-state index is 6.08. The summed E-state index contributed by atoms with van der Waals surface area (Å²) in [4.78, 5) is 1.87.